The van der Waals surface area contributed by atoms with Gasteiger partial charge in [-0.1, -0.05) is 0 Å². The van der Waals surface area contributed by atoms with Crippen molar-refractivity contribution in [2.24, 2.45) is 0 Å². The first-order valence-corrected chi connectivity index (χ1v) is 4.62. The van der Waals surface area contributed by atoms with E-state index in [2.05, 4.69) is 5.32 Å². The first-order valence-electron chi connectivity index (χ1n) is 2.65. The van der Waals surface area contributed by atoms with E-state index in [1.807, 2.05) is 14.1 Å². The van der Waals surface area contributed by atoms with E-state index in [0.717, 1.165) is 0 Å². The number of halogens is 1. The van der Waals surface area contributed by atoms with Gasteiger partial charge in [0.2, 0.25) is 8.03 Å². The number of aliphatic hydroxyl groups is 1. The molecule has 64 valence electrons. The van der Waals surface area contributed by atoms with E-state index < -0.39 is 13.9 Å². The average molecular weight is 190 g/mol. The fraction of sp³-hybridized carbons (Fsp3) is 1.00. The van der Waals surface area contributed by atoms with E-state index in [9.17, 15) is 4.57 Å². The van der Waals surface area contributed by atoms with Crippen LogP contribution < -0.4 is 5.32 Å². The molecule has 0 aromatic carbocycles. The lowest BCUT2D eigenvalue weighted by Gasteiger charge is -1.96. The molecule has 0 rings (SSSR count). The van der Waals surface area contributed by atoms with Gasteiger partial charge in [-0.25, -0.2) is 0 Å². The summed E-state index contributed by atoms with van der Waals surface area (Å²) in [5.74, 6) is -1.40. The zero-order chi connectivity index (χ0) is 8.57. The minimum Gasteiger partial charge on any atom is -0.382 e. The Kier molecular flexibility index (Phi) is 12.2. The average Bonchev–Trinajstić information content (AvgIpc) is 1.88. The fourth-order valence-electron chi connectivity index (χ4n) is 0.0660. The standard InChI is InChI=1S/C2H6ClO3P.C2H7N/c3-1-2(4)7(5)6;1-3-2/h2,4,7H,1H2,(H,5,6);3H,1-2H3. The maximum absolute atomic E-state index is 9.78. The van der Waals surface area contributed by atoms with Gasteiger partial charge in [-0.3, -0.25) is 4.57 Å². The number of hydrogen-bond acceptors (Lipinski definition) is 3. The Labute approximate surface area is 66.1 Å². The molecule has 0 bridgehead atoms. The molecular weight excluding hydrogens is 176 g/mol. The van der Waals surface area contributed by atoms with Gasteiger partial charge in [-0.15, -0.1) is 11.6 Å². The number of nitrogens with one attached hydrogen (secondary N) is 1. The zero-order valence-corrected chi connectivity index (χ0v) is 7.72. The van der Waals surface area contributed by atoms with Crippen molar-refractivity contribution >= 4 is 19.6 Å². The molecule has 0 amide bonds. The summed E-state index contributed by atoms with van der Waals surface area (Å²) < 4.78 is 9.78. The van der Waals surface area contributed by atoms with Gasteiger partial charge in [-0.05, 0) is 14.1 Å². The third-order valence-corrected chi connectivity index (χ3v) is 1.76. The maximum atomic E-state index is 9.78. The van der Waals surface area contributed by atoms with E-state index >= 15 is 0 Å². The molecule has 0 aromatic rings. The van der Waals surface area contributed by atoms with Crippen LogP contribution in [0, 0.1) is 0 Å². The van der Waals surface area contributed by atoms with Crippen molar-refractivity contribution in [1.82, 2.24) is 5.32 Å². The normalized spacial score (nSPS) is 14.9. The monoisotopic (exact) mass is 189 g/mol. The lowest BCUT2D eigenvalue weighted by molar-refractivity contribution is 0.259. The number of aliphatic hydroxyl groups excluding tert-OH is 1. The third-order valence-electron chi connectivity index (χ3n) is 0.431. The van der Waals surface area contributed by atoms with Gasteiger partial charge in [0.05, 0.1) is 5.88 Å². The van der Waals surface area contributed by atoms with Crippen LogP contribution >= 0.6 is 19.6 Å². The second kappa shape index (κ2) is 9.40. The Balaban J connectivity index is 0. The molecule has 2 atom stereocenters. The van der Waals surface area contributed by atoms with Crippen LogP contribution in [0.4, 0.5) is 0 Å². The summed E-state index contributed by atoms with van der Waals surface area (Å²) >= 11 is 4.96. The molecule has 4 nitrogen and oxygen atoms in total. The molecule has 0 fully saturated rings. The second-order valence-electron chi connectivity index (χ2n) is 1.51. The maximum Gasteiger partial charge on any atom is 0.217 e. The molecule has 2 unspecified atom stereocenters. The Morgan fingerprint density at radius 1 is 1.70 bits per heavy atom. The van der Waals surface area contributed by atoms with Crippen LogP contribution in [0.1, 0.15) is 0 Å². The first kappa shape index (κ1) is 13.0. The van der Waals surface area contributed by atoms with Crippen molar-refractivity contribution in [3.05, 3.63) is 0 Å². The summed E-state index contributed by atoms with van der Waals surface area (Å²) in [5, 5.41) is 11.0. The Hall–Kier alpha value is 0.400. The first-order chi connectivity index (χ1) is 4.59. The minimum atomic E-state index is -2.79. The van der Waals surface area contributed by atoms with Crippen LogP contribution in [-0.2, 0) is 4.57 Å². The number of rotatable bonds is 2. The van der Waals surface area contributed by atoms with E-state index in [0.29, 0.717) is 0 Å². The Bertz CT molecular complexity index is 92.6. The topological polar surface area (TPSA) is 69.6 Å². The summed E-state index contributed by atoms with van der Waals surface area (Å²) in [6, 6.07) is 0. The highest BCUT2D eigenvalue weighted by atomic mass is 35.5. The third kappa shape index (κ3) is 11.2. The molecule has 0 radical (unpaired) electrons. The molecule has 0 saturated heterocycles. The predicted octanol–water partition coefficient (Wildman–Crippen LogP) is -0.154. The molecule has 0 heterocycles. The van der Waals surface area contributed by atoms with Crippen molar-refractivity contribution in [3.63, 3.8) is 0 Å². The minimum absolute atomic E-state index is 0.172. The smallest absolute Gasteiger partial charge is 0.217 e. The quantitative estimate of drug-likeness (QED) is 0.417. The molecule has 0 aromatic heterocycles. The van der Waals surface area contributed by atoms with Gasteiger partial charge in [0, 0.05) is 0 Å². The number of alkyl halides is 1. The predicted molar refractivity (Wildman–Crippen MR) is 42.9 cm³/mol. The van der Waals surface area contributed by atoms with Gasteiger partial charge < -0.3 is 15.3 Å². The van der Waals surface area contributed by atoms with Crippen molar-refractivity contribution in [2.45, 2.75) is 5.85 Å². The largest absolute Gasteiger partial charge is 0.382 e. The highest BCUT2D eigenvalue weighted by Crippen LogP contribution is 2.19. The highest BCUT2D eigenvalue weighted by molar-refractivity contribution is 7.38. The molecule has 0 aliphatic rings. The van der Waals surface area contributed by atoms with Gasteiger partial charge in [0.15, 0.2) is 0 Å². The number of hydrogen-bond donors (Lipinski definition) is 3. The summed E-state index contributed by atoms with van der Waals surface area (Å²) in [6.07, 6.45) is 0. The van der Waals surface area contributed by atoms with Gasteiger partial charge in [0.1, 0.15) is 5.85 Å². The molecule has 6 heteroatoms. The Morgan fingerprint density at radius 2 is 2.00 bits per heavy atom. The molecule has 3 N–H and O–H groups in total. The molecule has 0 aliphatic carbocycles. The van der Waals surface area contributed by atoms with E-state index in [-0.39, 0.29) is 5.88 Å². The van der Waals surface area contributed by atoms with E-state index in [1.54, 1.807) is 0 Å². The van der Waals surface area contributed by atoms with Crippen molar-refractivity contribution < 1.29 is 14.6 Å². The lowest BCUT2D eigenvalue weighted by atomic mass is 10.9. The molecule has 0 aliphatic heterocycles. The SMILES string of the molecule is CNC.O=[PH](O)C(O)CCl. The van der Waals surface area contributed by atoms with Crippen LogP contribution in [-0.4, -0.2) is 35.8 Å². The molecule has 0 spiro atoms. The van der Waals surface area contributed by atoms with Gasteiger partial charge in [-0.2, -0.15) is 0 Å². The van der Waals surface area contributed by atoms with Crippen molar-refractivity contribution in [2.75, 3.05) is 20.0 Å². The molecular formula is C4H13ClNO3P. The van der Waals surface area contributed by atoms with Crippen LogP contribution in [0.3, 0.4) is 0 Å². The molecule has 0 saturated carbocycles. The zero-order valence-electron chi connectivity index (χ0n) is 5.97. The van der Waals surface area contributed by atoms with Crippen LogP contribution in [0.15, 0.2) is 0 Å². The lowest BCUT2D eigenvalue weighted by Crippen LogP contribution is -1.99. The van der Waals surface area contributed by atoms with E-state index in [1.165, 1.54) is 0 Å². The second-order valence-corrected chi connectivity index (χ2v) is 3.16. The Morgan fingerprint density at radius 3 is 2.00 bits per heavy atom. The summed E-state index contributed by atoms with van der Waals surface area (Å²) in [6.45, 7) is 0. The van der Waals surface area contributed by atoms with E-state index in [4.69, 9.17) is 21.6 Å². The summed E-state index contributed by atoms with van der Waals surface area (Å²) in [5.41, 5.74) is 0. The van der Waals surface area contributed by atoms with Crippen LogP contribution in [0.2, 0.25) is 0 Å². The van der Waals surface area contributed by atoms with Gasteiger partial charge >= 0.3 is 0 Å². The van der Waals surface area contributed by atoms with Crippen molar-refractivity contribution in [3.8, 4) is 0 Å². The summed E-state index contributed by atoms with van der Waals surface area (Å²) in [7, 11) is 0.960. The summed E-state index contributed by atoms with van der Waals surface area (Å²) in [4.78, 5) is 8.03. The van der Waals surface area contributed by atoms with Crippen molar-refractivity contribution in [1.29, 1.82) is 0 Å². The fourth-order valence-corrected chi connectivity index (χ4v) is 0.594. The van der Waals surface area contributed by atoms with Crippen LogP contribution in [0.5, 0.6) is 0 Å². The van der Waals surface area contributed by atoms with Crippen LogP contribution in [0.25, 0.3) is 0 Å². The molecule has 10 heavy (non-hydrogen) atoms. The van der Waals surface area contributed by atoms with Gasteiger partial charge in [0.25, 0.3) is 0 Å². The highest BCUT2D eigenvalue weighted by Gasteiger charge is 2.05.